The lowest BCUT2D eigenvalue weighted by Gasteiger charge is -2.34. The Hall–Kier alpha value is -2.61. The van der Waals surface area contributed by atoms with Crippen molar-refractivity contribution in [1.29, 1.82) is 0 Å². The highest BCUT2D eigenvalue weighted by Gasteiger charge is 2.35. The van der Waals surface area contributed by atoms with Crippen molar-refractivity contribution in [1.82, 2.24) is 19.4 Å². The van der Waals surface area contributed by atoms with Gasteiger partial charge < -0.3 is 10.2 Å². The molecule has 1 N–H and O–H groups in total. The van der Waals surface area contributed by atoms with Gasteiger partial charge in [-0.3, -0.25) is 23.6 Å². The Kier molecular flexibility index (Phi) is 4.74. The van der Waals surface area contributed by atoms with E-state index < -0.39 is 6.04 Å². The molecule has 1 atom stereocenters. The maximum atomic E-state index is 13.1. The largest absolute Gasteiger partial charge is 0.370 e. The maximum Gasteiger partial charge on any atom is 0.329 e. The summed E-state index contributed by atoms with van der Waals surface area (Å²) < 4.78 is 3.21. The van der Waals surface area contributed by atoms with E-state index in [4.69, 9.17) is 0 Å². The van der Waals surface area contributed by atoms with Gasteiger partial charge >= 0.3 is 5.69 Å². The van der Waals surface area contributed by atoms with Crippen molar-refractivity contribution in [3.05, 3.63) is 28.7 Å². The normalized spacial score (nSPS) is 21.8. The second-order valence-corrected chi connectivity index (χ2v) is 7.75. The Balaban J connectivity index is 1.79. The summed E-state index contributed by atoms with van der Waals surface area (Å²) in [6.45, 7) is 1.84. The van der Waals surface area contributed by atoms with Crippen LogP contribution in [-0.2, 0) is 16.6 Å². The van der Waals surface area contributed by atoms with Crippen LogP contribution in [-0.4, -0.2) is 59.1 Å². The molecule has 1 aromatic heterocycles. The fourth-order valence-electron chi connectivity index (χ4n) is 4.52. The van der Waals surface area contributed by atoms with Crippen molar-refractivity contribution >= 4 is 28.5 Å². The van der Waals surface area contributed by atoms with Crippen molar-refractivity contribution < 1.29 is 9.59 Å². The number of likely N-dealkylation sites (N-methyl/N-ethyl adjacent to an activating group) is 1. The van der Waals surface area contributed by atoms with Crippen molar-refractivity contribution in [2.75, 3.05) is 32.1 Å². The molecule has 3 heterocycles. The van der Waals surface area contributed by atoms with Crippen molar-refractivity contribution in [3.8, 4) is 0 Å². The molecule has 0 aliphatic carbocycles. The van der Waals surface area contributed by atoms with E-state index in [9.17, 15) is 14.4 Å². The van der Waals surface area contributed by atoms with Gasteiger partial charge in [0, 0.05) is 39.6 Å². The topological polar surface area (TPSA) is 79.6 Å². The minimum absolute atomic E-state index is 0.192. The van der Waals surface area contributed by atoms with Gasteiger partial charge in [0.25, 0.3) is 5.91 Å². The van der Waals surface area contributed by atoms with Gasteiger partial charge in [-0.15, -0.1) is 0 Å². The third-order valence-corrected chi connectivity index (χ3v) is 6.26. The first-order valence-electron chi connectivity index (χ1n) is 9.86. The third kappa shape index (κ3) is 2.83. The Bertz CT molecular complexity index is 984. The second kappa shape index (κ2) is 7.09. The van der Waals surface area contributed by atoms with Crippen LogP contribution in [0.25, 0.3) is 11.0 Å². The van der Waals surface area contributed by atoms with Crippen LogP contribution in [0.3, 0.4) is 0 Å². The summed E-state index contributed by atoms with van der Waals surface area (Å²) in [5.41, 5.74) is 2.41. The molecule has 0 saturated carbocycles. The number of hydrogen-bond donors (Lipinski definition) is 1. The van der Waals surface area contributed by atoms with Crippen LogP contribution in [0.5, 0.6) is 0 Å². The number of nitrogens with one attached hydrogen (secondary N) is 1. The zero-order valence-electron chi connectivity index (χ0n) is 16.6. The number of rotatable bonds is 3. The van der Waals surface area contributed by atoms with Crippen LogP contribution in [0.1, 0.15) is 31.7 Å². The van der Waals surface area contributed by atoms with Gasteiger partial charge in [0.05, 0.1) is 16.7 Å². The highest BCUT2D eigenvalue weighted by atomic mass is 16.2. The predicted octanol–water partition coefficient (Wildman–Crippen LogP) is 0.848. The smallest absolute Gasteiger partial charge is 0.329 e. The summed E-state index contributed by atoms with van der Waals surface area (Å²) in [6.07, 6.45) is 2.73. The van der Waals surface area contributed by atoms with Crippen LogP contribution in [0, 0.1) is 0 Å². The third-order valence-electron chi connectivity index (χ3n) is 6.26. The number of carbonyl (C=O) groups is 2. The van der Waals surface area contributed by atoms with E-state index >= 15 is 0 Å². The average Bonchev–Trinajstić information content (AvgIpc) is 2.97. The number of aryl methyl sites for hydroxylation is 1. The van der Waals surface area contributed by atoms with E-state index in [1.54, 1.807) is 16.2 Å². The van der Waals surface area contributed by atoms with E-state index in [2.05, 4.69) is 10.2 Å². The first-order valence-corrected chi connectivity index (χ1v) is 9.86. The van der Waals surface area contributed by atoms with Crippen molar-refractivity contribution in [3.63, 3.8) is 0 Å². The summed E-state index contributed by atoms with van der Waals surface area (Å²) >= 11 is 0. The number of amides is 2. The maximum absolute atomic E-state index is 13.1. The number of aromatic nitrogens is 2. The fraction of sp³-hybridized carbons (Fsp3) is 0.550. The summed E-state index contributed by atoms with van der Waals surface area (Å²) in [5, 5.41) is 3.34. The van der Waals surface area contributed by atoms with E-state index in [1.165, 1.54) is 7.05 Å². The molecule has 2 aliphatic heterocycles. The minimum atomic E-state index is -0.635. The van der Waals surface area contributed by atoms with E-state index in [1.807, 2.05) is 25.2 Å². The highest BCUT2D eigenvalue weighted by molar-refractivity contribution is 6.00. The van der Waals surface area contributed by atoms with Crippen molar-refractivity contribution in [2.24, 2.45) is 7.05 Å². The SMILES string of the molecule is CNC1CCN(c2cccc3c2n(C)c(=O)n3C2CCC(=O)N(C)C2=O)CC1. The standard InChI is InChI=1S/C20H27N5O3/c1-21-13-9-11-24(12-10-13)14-5-4-6-15-18(14)23(3)20(28)25(15)16-7-8-17(26)22(2)19(16)27/h4-6,13,16,21H,7-12H2,1-3H3. The lowest BCUT2D eigenvalue weighted by atomic mass is 10.0. The van der Waals surface area contributed by atoms with Crippen LogP contribution < -0.4 is 15.9 Å². The molecule has 2 saturated heterocycles. The molecule has 1 unspecified atom stereocenters. The average molecular weight is 385 g/mol. The van der Waals surface area contributed by atoms with Crippen LogP contribution in [0.2, 0.25) is 0 Å². The summed E-state index contributed by atoms with van der Waals surface area (Å²) in [6, 6.07) is 5.77. The zero-order chi connectivity index (χ0) is 20.0. The Labute approximate surface area is 163 Å². The van der Waals surface area contributed by atoms with E-state index in [0.717, 1.165) is 47.6 Å². The molecule has 4 rings (SSSR count). The number of likely N-dealkylation sites (tertiary alicyclic amines) is 1. The van der Waals surface area contributed by atoms with Crippen LogP contribution in [0.15, 0.2) is 23.0 Å². The van der Waals surface area contributed by atoms with Gasteiger partial charge in [-0.25, -0.2) is 4.79 Å². The molecule has 0 bridgehead atoms. The summed E-state index contributed by atoms with van der Waals surface area (Å²) in [7, 11) is 5.24. The Morgan fingerprint density at radius 2 is 1.75 bits per heavy atom. The monoisotopic (exact) mass is 385 g/mol. The van der Waals surface area contributed by atoms with Gasteiger partial charge in [0.1, 0.15) is 6.04 Å². The van der Waals surface area contributed by atoms with Gasteiger partial charge in [-0.05, 0) is 38.4 Å². The number of hydrogen-bond acceptors (Lipinski definition) is 5. The molecular formula is C20H27N5O3. The van der Waals surface area contributed by atoms with Crippen LogP contribution >= 0.6 is 0 Å². The van der Waals surface area contributed by atoms with Crippen LogP contribution in [0.4, 0.5) is 5.69 Å². The molecule has 2 aromatic rings. The van der Waals surface area contributed by atoms with Crippen molar-refractivity contribution in [2.45, 2.75) is 37.8 Å². The lowest BCUT2D eigenvalue weighted by molar-refractivity contribution is -0.149. The number of anilines is 1. The zero-order valence-corrected chi connectivity index (χ0v) is 16.6. The molecule has 8 nitrogen and oxygen atoms in total. The molecule has 1 aromatic carbocycles. The number of carbonyl (C=O) groups excluding carboxylic acids is 2. The summed E-state index contributed by atoms with van der Waals surface area (Å²) in [4.78, 5) is 41.1. The molecule has 150 valence electrons. The minimum Gasteiger partial charge on any atom is -0.370 e. The van der Waals surface area contributed by atoms with Gasteiger partial charge in [0.2, 0.25) is 5.91 Å². The Morgan fingerprint density at radius 1 is 1.04 bits per heavy atom. The quantitative estimate of drug-likeness (QED) is 0.793. The van der Waals surface area contributed by atoms with E-state index in [0.29, 0.717) is 12.5 Å². The number of imide groups is 1. The van der Waals surface area contributed by atoms with Gasteiger partial charge in [-0.2, -0.15) is 0 Å². The number of imidazole rings is 1. The number of benzene rings is 1. The number of piperidine rings is 2. The first-order chi connectivity index (χ1) is 13.4. The molecule has 2 aliphatic rings. The Morgan fingerprint density at radius 3 is 2.43 bits per heavy atom. The molecule has 0 spiro atoms. The van der Waals surface area contributed by atoms with Gasteiger partial charge in [-0.1, -0.05) is 6.07 Å². The first kappa shape index (κ1) is 18.7. The van der Waals surface area contributed by atoms with E-state index in [-0.39, 0.29) is 23.9 Å². The molecule has 2 amide bonds. The second-order valence-electron chi connectivity index (χ2n) is 7.75. The number of nitrogens with zero attached hydrogens (tertiary/aromatic N) is 4. The number of para-hydroxylation sites is 1. The molecule has 28 heavy (non-hydrogen) atoms. The molecule has 8 heteroatoms. The lowest BCUT2D eigenvalue weighted by Crippen LogP contribution is -2.45. The van der Waals surface area contributed by atoms with Gasteiger partial charge in [0.15, 0.2) is 0 Å². The fourth-order valence-corrected chi connectivity index (χ4v) is 4.52. The summed E-state index contributed by atoms with van der Waals surface area (Å²) in [5.74, 6) is -0.506. The predicted molar refractivity (Wildman–Crippen MR) is 108 cm³/mol. The molecule has 2 fully saturated rings. The molecular weight excluding hydrogens is 358 g/mol. The molecule has 0 radical (unpaired) electrons. The highest BCUT2D eigenvalue weighted by Crippen LogP contribution is 2.32. The number of fused-ring (bicyclic) bond motifs is 1.